The summed E-state index contributed by atoms with van der Waals surface area (Å²) in [6.07, 6.45) is 3.45. The Hall–Kier alpha value is -2.18. The molecule has 2 aromatic rings. The van der Waals surface area contributed by atoms with E-state index >= 15 is 0 Å². The van der Waals surface area contributed by atoms with Gasteiger partial charge in [0.1, 0.15) is 0 Å². The Morgan fingerprint density at radius 1 is 1.00 bits per heavy atom. The van der Waals surface area contributed by atoms with Crippen molar-refractivity contribution in [3.8, 4) is 11.1 Å². The molecular weight excluding hydrogens is 408 g/mol. The molecule has 1 amide bonds. The van der Waals surface area contributed by atoms with Crippen molar-refractivity contribution in [3.05, 3.63) is 60.2 Å². The fourth-order valence-corrected chi connectivity index (χ4v) is 6.10. The molecule has 166 valence electrons. The van der Waals surface area contributed by atoms with Crippen molar-refractivity contribution in [1.82, 2.24) is 9.62 Å². The third-order valence-electron chi connectivity index (χ3n) is 6.89. The number of nitrogens with zero attached hydrogens (tertiary/aromatic N) is 1. The Bertz CT molecular complexity index is 1050. The molecule has 3 atom stereocenters. The molecule has 1 N–H and O–H groups in total. The third-order valence-corrected chi connectivity index (χ3v) is 7.66. The van der Waals surface area contributed by atoms with Gasteiger partial charge in [-0.1, -0.05) is 68.4 Å². The zero-order valence-electron chi connectivity index (χ0n) is 18.5. The summed E-state index contributed by atoms with van der Waals surface area (Å²) < 4.78 is 25.9. The molecule has 0 aromatic heterocycles. The molecule has 1 saturated heterocycles. The number of rotatable bonds is 5. The van der Waals surface area contributed by atoms with Crippen molar-refractivity contribution >= 4 is 15.9 Å². The highest BCUT2D eigenvalue weighted by Crippen LogP contribution is 2.66. The molecule has 0 unspecified atom stereocenters. The van der Waals surface area contributed by atoms with Crippen molar-refractivity contribution in [2.45, 2.75) is 45.1 Å². The van der Waals surface area contributed by atoms with Gasteiger partial charge in [0.2, 0.25) is 15.9 Å². The number of likely N-dealkylation sites (tertiary alicyclic amines) is 1. The smallest absolute Gasteiger partial charge is 0.226 e. The highest BCUT2D eigenvalue weighted by atomic mass is 32.2. The van der Waals surface area contributed by atoms with Crippen LogP contribution in [-0.4, -0.2) is 44.6 Å². The molecule has 5 nitrogen and oxygen atoms in total. The third kappa shape index (κ3) is 4.70. The van der Waals surface area contributed by atoms with E-state index in [0.717, 1.165) is 12.8 Å². The minimum atomic E-state index is -3.23. The van der Waals surface area contributed by atoms with E-state index in [1.54, 1.807) is 0 Å². The van der Waals surface area contributed by atoms with Gasteiger partial charge in [-0.3, -0.25) is 4.79 Å². The van der Waals surface area contributed by atoms with Crippen LogP contribution in [0, 0.1) is 11.3 Å². The monoisotopic (exact) mass is 440 g/mol. The minimum Gasteiger partial charge on any atom is -0.342 e. The van der Waals surface area contributed by atoms with E-state index < -0.39 is 10.0 Å². The van der Waals surface area contributed by atoms with E-state index in [4.69, 9.17) is 0 Å². The van der Waals surface area contributed by atoms with E-state index in [2.05, 4.69) is 55.0 Å². The maximum Gasteiger partial charge on any atom is 0.226 e. The molecule has 2 aromatic carbocycles. The fourth-order valence-electron chi connectivity index (χ4n) is 5.26. The van der Waals surface area contributed by atoms with Gasteiger partial charge in [-0.05, 0) is 41.4 Å². The minimum absolute atomic E-state index is 0.0446. The van der Waals surface area contributed by atoms with Crippen LogP contribution in [0.3, 0.4) is 0 Å². The van der Waals surface area contributed by atoms with Crippen LogP contribution in [0.2, 0.25) is 0 Å². The highest BCUT2D eigenvalue weighted by Gasteiger charge is 2.63. The number of carbonyl (C=O) groups is 1. The van der Waals surface area contributed by atoms with Crippen molar-refractivity contribution in [2.75, 3.05) is 19.3 Å². The number of hydrogen-bond donors (Lipinski definition) is 1. The lowest BCUT2D eigenvalue weighted by molar-refractivity contribution is -0.133. The van der Waals surface area contributed by atoms with E-state index in [1.807, 2.05) is 23.1 Å². The second-order valence-electron chi connectivity index (χ2n) is 9.57. The standard InChI is InChI=1S/C25H32N2O3S/c1-25(2)22(21-14-8-7-13-20(21)18-10-5-4-6-11-18)23(25)24(28)27-16-9-12-19(15-17-27)26-31(3,29)30/h4-8,10-11,13-14,19,22-23,26H,9,12,15-17H2,1-3H3/t19-,22+,23-/m1/s1. The normalized spacial score (nSPS) is 25.6. The van der Waals surface area contributed by atoms with E-state index in [9.17, 15) is 13.2 Å². The molecule has 2 aliphatic rings. The Morgan fingerprint density at radius 2 is 1.68 bits per heavy atom. The second kappa shape index (κ2) is 8.40. The van der Waals surface area contributed by atoms with Crippen LogP contribution in [0.15, 0.2) is 54.6 Å². The van der Waals surface area contributed by atoms with E-state index in [1.165, 1.54) is 22.9 Å². The number of nitrogens with one attached hydrogen (secondary N) is 1. The summed E-state index contributed by atoms with van der Waals surface area (Å²) in [5.74, 6) is 0.347. The molecule has 2 fully saturated rings. The highest BCUT2D eigenvalue weighted by molar-refractivity contribution is 7.88. The molecule has 1 aliphatic heterocycles. The lowest BCUT2D eigenvalue weighted by Crippen LogP contribution is -2.37. The Morgan fingerprint density at radius 3 is 2.39 bits per heavy atom. The van der Waals surface area contributed by atoms with Gasteiger partial charge in [0.25, 0.3) is 0 Å². The van der Waals surface area contributed by atoms with Crippen molar-refractivity contribution in [2.24, 2.45) is 11.3 Å². The SMILES string of the molecule is CC1(C)[C@@H](C(=O)N2CCC[C@@H](NS(C)(=O)=O)CC2)[C@@H]1c1ccccc1-c1ccccc1. The van der Waals surface area contributed by atoms with Crippen LogP contribution in [0.4, 0.5) is 0 Å². The van der Waals surface area contributed by atoms with Crippen LogP contribution in [0.25, 0.3) is 11.1 Å². The summed E-state index contributed by atoms with van der Waals surface area (Å²) in [5.41, 5.74) is 3.52. The van der Waals surface area contributed by atoms with Gasteiger partial charge in [0.15, 0.2) is 0 Å². The molecule has 1 aliphatic carbocycles. The summed E-state index contributed by atoms with van der Waals surface area (Å²) >= 11 is 0. The molecular formula is C25H32N2O3S. The zero-order chi connectivity index (χ0) is 22.2. The molecule has 0 bridgehead atoms. The number of benzene rings is 2. The molecule has 31 heavy (non-hydrogen) atoms. The maximum absolute atomic E-state index is 13.5. The van der Waals surface area contributed by atoms with Gasteiger partial charge in [-0.2, -0.15) is 0 Å². The average Bonchev–Trinajstić information content (AvgIpc) is 3.37. The molecule has 4 rings (SSSR count). The summed E-state index contributed by atoms with van der Waals surface area (Å²) in [6, 6.07) is 18.7. The predicted octanol–water partition coefficient (Wildman–Crippen LogP) is 4.02. The number of carbonyl (C=O) groups excluding carboxylic acids is 1. The summed E-state index contributed by atoms with van der Waals surface area (Å²) in [4.78, 5) is 15.5. The summed E-state index contributed by atoms with van der Waals surface area (Å²) in [6.45, 7) is 5.67. The van der Waals surface area contributed by atoms with Crippen LogP contribution < -0.4 is 4.72 Å². The first-order chi connectivity index (χ1) is 14.7. The fraction of sp³-hybridized carbons (Fsp3) is 0.480. The molecule has 6 heteroatoms. The van der Waals surface area contributed by atoms with Gasteiger partial charge in [-0.25, -0.2) is 13.1 Å². The Labute approximate surface area is 185 Å². The van der Waals surface area contributed by atoms with Crippen molar-refractivity contribution in [1.29, 1.82) is 0 Å². The Kier molecular flexibility index (Phi) is 5.97. The van der Waals surface area contributed by atoms with Crippen LogP contribution in [-0.2, 0) is 14.8 Å². The maximum atomic E-state index is 13.5. The number of sulfonamides is 1. The lowest BCUT2D eigenvalue weighted by atomic mass is 9.93. The summed E-state index contributed by atoms with van der Waals surface area (Å²) in [7, 11) is -3.23. The quantitative estimate of drug-likeness (QED) is 0.764. The van der Waals surface area contributed by atoms with Gasteiger partial charge >= 0.3 is 0 Å². The topological polar surface area (TPSA) is 66.5 Å². The lowest BCUT2D eigenvalue weighted by Gasteiger charge is -2.22. The van der Waals surface area contributed by atoms with Crippen molar-refractivity contribution in [3.63, 3.8) is 0 Å². The van der Waals surface area contributed by atoms with Crippen LogP contribution >= 0.6 is 0 Å². The first-order valence-electron chi connectivity index (χ1n) is 11.1. The van der Waals surface area contributed by atoms with Gasteiger partial charge in [-0.15, -0.1) is 0 Å². The molecule has 0 radical (unpaired) electrons. The molecule has 1 heterocycles. The first-order valence-corrected chi connectivity index (χ1v) is 13.0. The van der Waals surface area contributed by atoms with Gasteiger partial charge < -0.3 is 4.90 Å². The largest absolute Gasteiger partial charge is 0.342 e. The van der Waals surface area contributed by atoms with Crippen LogP contribution in [0.5, 0.6) is 0 Å². The number of hydrogen-bond acceptors (Lipinski definition) is 3. The van der Waals surface area contributed by atoms with Crippen LogP contribution in [0.1, 0.15) is 44.6 Å². The average molecular weight is 441 g/mol. The van der Waals surface area contributed by atoms with Gasteiger partial charge in [0.05, 0.1) is 12.2 Å². The Balaban J connectivity index is 1.52. The zero-order valence-corrected chi connectivity index (χ0v) is 19.4. The summed E-state index contributed by atoms with van der Waals surface area (Å²) in [5, 5.41) is 0. The van der Waals surface area contributed by atoms with E-state index in [0.29, 0.717) is 19.5 Å². The van der Waals surface area contributed by atoms with Gasteiger partial charge in [0, 0.05) is 25.0 Å². The molecule has 1 saturated carbocycles. The first kappa shape index (κ1) is 22.0. The predicted molar refractivity (Wildman–Crippen MR) is 124 cm³/mol. The molecule has 0 spiro atoms. The second-order valence-corrected chi connectivity index (χ2v) is 11.4. The van der Waals surface area contributed by atoms with Crippen molar-refractivity contribution < 1.29 is 13.2 Å². The van der Waals surface area contributed by atoms with E-state index in [-0.39, 0.29) is 29.2 Å². The number of amides is 1.